The molecule has 0 spiro atoms. The second kappa shape index (κ2) is 12.7. The van der Waals surface area contributed by atoms with Crippen molar-refractivity contribution in [2.45, 2.75) is 46.1 Å². The van der Waals surface area contributed by atoms with Crippen LogP contribution in [0.4, 0.5) is 16.2 Å². The van der Waals surface area contributed by atoms with Crippen molar-refractivity contribution in [2.75, 3.05) is 43.5 Å². The zero-order chi connectivity index (χ0) is 28.8. The van der Waals surface area contributed by atoms with E-state index in [-0.39, 0.29) is 11.4 Å². The Bertz CT molecular complexity index is 1490. The lowest BCUT2D eigenvalue weighted by Crippen LogP contribution is -2.35. The second-order valence-electron chi connectivity index (χ2n) is 11.5. The zero-order valence-electron chi connectivity index (χ0n) is 24.5. The number of nitrogens with one attached hydrogen (secondary N) is 2. The molecule has 0 radical (unpaired) electrons. The monoisotopic (exact) mass is 552 g/mol. The Morgan fingerprint density at radius 1 is 0.951 bits per heavy atom. The molecule has 0 bridgehead atoms. The molecular formula is C34H40N4O3. The number of benzene rings is 3. The molecule has 2 amide bonds. The highest BCUT2D eigenvalue weighted by Gasteiger charge is 2.18. The Morgan fingerprint density at radius 2 is 1.71 bits per heavy atom. The van der Waals surface area contributed by atoms with Gasteiger partial charge in [-0.05, 0) is 52.6 Å². The van der Waals surface area contributed by atoms with E-state index >= 15 is 0 Å². The maximum Gasteiger partial charge on any atom is 0.323 e. The Kier molecular flexibility index (Phi) is 8.86. The summed E-state index contributed by atoms with van der Waals surface area (Å²) in [6, 6.07) is 22.0. The van der Waals surface area contributed by atoms with Gasteiger partial charge in [-0.1, -0.05) is 70.2 Å². The van der Waals surface area contributed by atoms with Crippen molar-refractivity contribution < 1.29 is 14.3 Å². The molecule has 4 aromatic rings. The third-order valence-corrected chi connectivity index (χ3v) is 7.35. The molecule has 2 heterocycles. The number of carbonyl (C=O) groups excluding carboxylic acids is 1. The van der Waals surface area contributed by atoms with Crippen molar-refractivity contribution in [1.29, 1.82) is 0 Å². The van der Waals surface area contributed by atoms with Crippen molar-refractivity contribution >= 4 is 28.2 Å². The fourth-order valence-electron chi connectivity index (χ4n) is 5.03. The predicted octanol–water partition coefficient (Wildman–Crippen LogP) is 7.46. The molecule has 3 aromatic carbocycles. The van der Waals surface area contributed by atoms with Crippen LogP contribution in [0, 0.1) is 0 Å². The van der Waals surface area contributed by atoms with Crippen LogP contribution < -0.4 is 15.4 Å². The molecule has 1 aliphatic heterocycles. The Labute approximate surface area is 242 Å². The number of rotatable bonds is 8. The number of carbonyl (C=O) groups is 1. The SMILES string of the molecule is CCCOc1ccc(C(C)(C)C)cc1NC(=O)Nc1ccc(-c2ccc(CN3CCOCC3)nc2)c2ccccc12. The van der Waals surface area contributed by atoms with E-state index in [1.807, 2.05) is 48.7 Å². The van der Waals surface area contributed by atoms with E-state index in [1.165, 1.54) is 0 Å². The summed E-state index contributed by atoms with van der Waals surface area (Å²) in [5.74, 6) is 0.666. The van der Waals surface area contributed by atoms with Gasteiger partial charge in [-0.15, -0.1) is 0 Å². The van der Waals surface area contributed by atoms with Gasteiger partial charge in [0.15, 0.2) is 0 Å². The number of amides is 2. The highest BCUT2D eigenvalue weighted by molar-refractivity contribution is 6.10. The molecule has 1 aromatic heterocycles. The normalized spacial score (nSPS) is 14.1. The van der Waals surface area contributed by atoms with Gasteiger partial charge in [0.2, 0.25) is 0 Å². The summed E-state index contributed by atoms with van der Waals surface area (Å²) < 4.78 is 11.4. The highest BCUT2D eigenvalue weighted by atomic mass is 16.5. The maximum atomic E-state index is 13.3. The van der Waals surface area contributed by atoms with Crippen molar-refractivity contribution in [1.82, 2.24) is 9.88 Å². The fourth-order valence-corrected chi connectivity index (χ4v) is 5.03. The first-order valence-electron chi connectivity index (χ1n) is 14.4. The summed E-state index contributed by atoms with van der Waals surface area (Å²) in [4.78, 5) is 20.4. The van der Waals surface area contributed by atoms with E-state index in [9.17, 15) is 4.79 Å². The molecular weight excluding hydrogens is 512 g/mol. The summed E-state index contributed by atoms with van der Waals surface area (Å²) >= 11 is 0. The number of hydrogen-bond acceptors (Lipinski definition) is 5. The first-order valence-corrected chi connectivity index (χ1v) is 14.4. The van der Waals surface area contributed by atoms with Crippen LogP contribution in [0.3, 0.4) is 0 Å². The zero-order valence-corrected chi connectivity index (χ0v) is 24.5. The van der Waals surface area contributed by atoms with Crippen LogP contribution in [0.25, 0.3) is 21.9 Å². The van der Waals surface area contributed by atoms with Gasteiger partial charge < -0.3 is 20.1 Å². The second-order valence-corrected chi connectivity index (χ2v) is 11.5. The molecule has 1 fully saturated rings. The van der Waals surface area contributed by atoms with E-state index in [1.54, 1.807) is 0 Å². The molecule has 7 nitrogen and oxygen atoms in total. The Hall–Kier alpha value is -3.94. The molecule has 5 rings (SSSR count). The van der Waals surface area contributed by atoms with Crippen LogP contribution in [-0.2, 0) is 16.7 Å². The van der Waals surface area contributed by atoms with Crippen LogP contribution in [0.2, 0.25) is 0 Å². The van der Waals surface area contributed by atoms with Gasteiger partial charge >= 0.3 is 6.03 Å². The maximum absolute atomic E-state index is 13.3. The van der Waals surface area contributed by atoms with Crippen LogP contribution in [0.15, 0.2) is 72.9 Å². The summed E-state index contributed by atoms with van der Waals surface area (Å²) in [7, 11) is 0. The summed E-state index contributed by atoms with van der Waals surface area (Å²) in [6.07, 6.45) is 2.83. The smallest absolute Gasteiger partial charge is 0.323 e. The lowest BCUT2D eigenvalue weighted by molar-refractivity contribution is 0.0336. The van der Waals surface area contributed by atoms with E-state index < -0.39 is 0 Å². The molecule has 214 valence electrons. The van der Waals surface area contributed by atoms with Gasteiger partial charge in [0, 0.05) is 36.8 Å². The van der Waals surface area contributed by atoms with Crippen molar-refractivity contribution in [2.24, 2.45) is 0 Å². The number of fused-ring (bicyclic) bond motifs is 1. The minimum absolute atomic E-state index is 0.0577. The number of pyridine rings is 1. The molecule has 7 heteroatoms. The molecule has 2 N–H and O–H groups in total. The van der Waals surface area contributed by atoms with E-state index in [2.05, 4.69) is 67.5 Å². The molecule has 1 aliphatic rings. The highest BCUT2D eigenvalue weighted by Crippen LogP contribution is 2.35. The Balaban J connectivity index is 1.36. The van der Waals surface area contributed by atoms with Crippen LogP contribution in [0.1, 0.15) is 45.4 Å². The predicted molar refractivity (Wildman–Crippen MR) is 167 cm³/mol. The first-order chi connectivity index (χ1) is 19.8. The molecule has 0 unspecified atom stereocenters. The number of aromatic nitrogens is 1. The first kappa shape index (κ1) is 28.6. The van der Waals surface area contributed by atoms with E-state index in [4.69, 9.17) is 14.5 Å². The Morgan fingerprint density at radius 3 is 2.41 bits per heavy atom. The van der Waals surface area contributed by atoms with Gasteiger partial charge in [0.25, 0.3) is 0 Å². The average molecular weight is 553 g/mol. The minimum atomic E-state index is -0.315. The van der Waals surface area contributed by atoms with Gasteiger partial charge in [0.1, 0.15) is 5.75 Å². The summed E-state index contributed by atoms with van der Waals surface area (Å²) in [6.45, 7) is 13.4. The van der Waals surface area contributed by atoms with Gasteiger partial charge in [-0.25, -0.2) is 4.79 Å². The van der Waals surface area contributed by atoms with E-state index in [0.717, 1.165) is 78.1 Å². The fraction of sp³-hybridized carbons (Fsp3) is 0.353. The van der Waals surface area contributed by atoms with E-state index in [0.29, 0.717) is 18.0 Å². The number of urea groups is 1. The average Bonchev–Trinajstić information content (AvgIpc) is 2.97. The lowest BCUT2D eigenvalue weighted by atomic mass is 9.87. The number of nitrogens with zero attached hydrogens (tertiary/aromatic N) is 2. The summed E-state index contributed by atoms with van der Waals surface area (Å²) in [5, 5.41) is 8.12. The molecule has 0 saturated carbocycles. The van der Waals surface area contributed by atoms with Crippen molar-refractivity contribution in [3.8, 4) is 16.9 Å². The van der Waals surface area contributed by atoms with Gasteiger partial charge in [-0.2, -0.15) is 0 Å². The van der Waals surface area contributed by atoms with Crippen LogP contribution in [-0.4, -0.2) is 48.8 Å². The van der Waals surface area contributed by atoms with Crippen molar-refractivity contribution in [3.63, 3.8) is 0 Å². The van der Waals surface area contributed by atoms with Crippen molar-refractivity contribution in [3.05, 3.63) is 84.2 Å². The molecule has 1 saturated heterocycles. The third-order valence-electron chi connectivity index (χ3n) is 7.35. The number of morpholine rings is 1. The van der Waals surface area contributed by atoms with Gasteiger partial charge in [-0.3, -0.25) is 9.88 Å². The van der Waals surface area contributed by atoms with Gasteiger partial charge in [0.05, 0.1) is 36.9 Å². The lowest BCUT2D eigenvalue weighted by Gasteiger charge is -2.26. The number of ether oxygens (including phenoxy) is 2. The molecule has 0 atom stereocenters. The van der Waals surface area contributed by atoms with Crippen LogP contribution in [0.5, 0.6) is 5.75 Å². The number of anilines is 2. The molecule has 0 aliphatic carbocycles. The third kappa shape index (κ3) is 7.04. The number of hydrogen-bond donors (Lipinski definition) is 2. The summed E-state index contributed by atoms with van der Waals surface area (Å²) in [5.41, 5.74) is 5.63. The largest absolute Gasteiger partial charge is 0.491 e. The standard InChI is InChI=1S/C34H40N4O3/c1-5-18-41-32-15-11-25(34(2,3)4)21-31(32)37-33(39)36-30-14-13-27(28-8-6-7-9-29(28)30)24-10-12-26(35-22-24)23-38-16-19-40-20-17-38/h6-15,21-22H,5,16-20,23H2,1-4H3,(H2,36,37,39). The van der Waals surface area contributed by atoms with Crippen LogP contribution >= 0.6 is 0 Å². The quantitative estimate of drug-likeness (QED) is 0.237. The minimum Gasteiger partial charge on any atom is -0.491 e. The topological polar surface area (TPSA) is 75.7 Å². The molecule has 41 heavy (non-hydrogen) atoms.